The summed E-state index contributed by atoms with van der Waals surface area (Å²) in [7, 11) is 0. The standard InChI is InChI=1S/C8H10O5/c1-4(9)8(5(2)10,6(3)11)7(12)13/h1-3H3,(H,12,13)/p-1. The van der Waals surface area contributed by atoms with E-state index in [9.17, 15) is 24.3 Å². The van der Waals surface area contributed by atoms with Gasteiger partial charge in [-0.1, -0.05) is 0 Å². The number of carboxylic acid groups (broad SMARTS) is 1. The van der Waals surface area contributed by atoms with Crippen molar-refractivity contribution in [2.75, 3.05) is 0 Å². The van der Waals surface area contributed by atoms with Crippen LogP contribution < -0.4 is 5.11 Å². The third-order valence-corrected chi connectivity index (χ3v) is 1.89. The van der Waals surface area contributed by atoms with Crippen LogP contribution in [-0.2, 0) is 19.2 Å². The van der Waals surface area contributed by atoms with E-state index in [1.807, 2.05) is 0 Å². The summed E-state index contributed by atoms with van der Waals surface area (Å²) in [4.78, 5) is 43.4. The van der Waals surface area contributed by atoms with E-state index in [0.29, 0.717) is 0 Å². The van der Waals surface area contributed by atoms with Crippen LogP contribution >= 0.6 is 0 Å². The Labute approximate surface area is 74.7 Å². The van der Waals surface area contributed by atoms with Gasteiger partial charge in [-0.3, -0.25) is 14.4 Å². The number of hydrogen-bond acceptors (Lipinski definition) is 5. The van der Waals surface area contributed by atoms with Gasteiger partial charge in [0.2, 0.25) is 0 Å². The van der Waals surface area contributed by atoms with Gasteiger partial charge in [-0.15, -0.1) is 0 Å². The van der Waals surface area contributed by atoms with Crippen molar-refractivity contribution in [1.82, 2.24) is 0 Å². The molecule has 0 N–H and O–H groups in total. The van der Waals surface area contributed by atoms with Gasteiger partial charge in [0.25, 0.3) is 0 Å². The molecule has 5 heteroatoms. The first kappa shape index (κ1) is 11.5. The lowest BCUT2D eigenvalue weighted by atomic mass is 9.77. The highest BCUT2D eigenvalue weighted by molar-refractivity contribution is 6.35. The lowest BCUT2D eigenvalue weighted by Gasteiger charge is -2.26. The quantitative estimate of drug-likeness (QED) is 0.496. The van der Waals surface area contributed by atoms with Gasteiger partial charge >= 0.3 is 0 Å². The minimum Gasteiger partial charge on any atom is -0.548 e. The number of rotatable bonds is 4. The smallest absolute Gasteiger partial charge is 0.183 e. The minimum atomic E-state index is -2.61. The summed E-state index contributed by atoms with van der Waals surface area (Å²) >= 11 is 0. The summed E-state index contributed by atoms with van der Waals surface area (Å²) in [6.45, 7) is 2.62. The number of ketones is 3. The van der Waals surface area contributed by atoms with Crippen LogP contribution in [0.2, 0.25) is 0 Å². The second kappa shape index (κ2) is 3.47. The van der Waals surface area contributed by atoms with Crippen molar-refractivity contribution in [2.45, 2.75) is 20.8 Å². The number of aliphatic carboxylic acids is 1. The maximum Gasteiger partial charge on any atom is 0.183 e. The topological polar surface area (TPSA) is 91.3 Å². The third kappa shape index (κ3) is 1.49. The molecule has 0 rings (SSSR count). The number of carboxylic acids is 1. The summed E-state index contributed by atoms with van der Waals surface area (Å²) in [5, 5.41) is 10.6. The first-order chi connectivity index (χ1) is 5.77. The fraction of sp³-hybridized carbons (Fsp3) is 0.500. The molecule has 0 heterocycles. The molecule has 0 aliphatic carbocycles. The Balaban J connectivity index is 5.60. The van der Waals surface area contributed by atoms with Crippen molar-refractivity contribution in [3.05, 3.63) is 0 Å². The van der Waals surface area contributed by atoms with Gasteiger partial charge < -0.3 is 9.90 Å². The summed E-state index contributed by atoms with van der Waals surface area (Å²) in [5.41, 5.74) is -2.61. The lowest BCUT2D eigenvalue weighted by Crippen LogP contribution is -2.56. The lowest BCUT2D eigenvalue weighted by molar-refractivity contribution is -0.312. The molecule has 0 aromatic heterocycles. The molecule has 0 amide bonds. The average molecular weight is 185 g/mol. The van der Waals surface area contributed by atoms with Gasteiger partial charge in [0.05, 0.1) is 5.97 Å². The molecule has 0 spiro atoms. The van der Waals surface area contributed by atoms with Crippen molar-refractivity contribution in [3.8, 4) is 0 Å². The number of Topliss-reactive ketones (excluding diaryl/α,β-unsaturated/α-hetero) is 3. The first-order valence-corrected chi connectivity index (χ1v) is 3.52. The van der Waals surface area contributed by atoms with Crippen LogP contribution in [-0.4, -0.2) is 23.3 Å². The Morgan fingerprint density at radius 2 is 1.08 bits per heavy atom. The van der Waals surface area contributed by atoms with E-state index in [2.05, 4.69) is 0 Å². The molecule has 0 unspecified atom stereocenters. The molecule has 5 nitrogen and oxygen atoms in total. The molecule has 0 aromatic rings. The Morgan fingerprint density at radius 1 is 0.846 bits per heavy atom. The number of carbonyl (C=O) groups is 4. The maximum atomic E-state index is 10.9. The zero-order chi connectivity index (χ0) is 10.8. The SMILES string of the molecule is CC(=O)C(C(C)=O)(C(C)=O)C(=O)[O-]. The molecular weight excluding hydrogens is 176 g/mol. The number of hydrogen-bond donors (Lipinski definition) is 0. The maximum absolute atomic E-state index is 10.9. The Hall–Kier alpha value is -1.52. The molecule has 0 saturated heterocycles. The molecule has 72 valence electrons. The zero-order valence-electron chi connectivity index (χ0n) is 7.54. The molecule has 0 saturated carbocycles. The van der Waals surface area contributed by atoms with Crippen molar-refractivity contribution < 1.29 is 24.3 Å². The molecule has 0 atom stereocenters. The third-order valence-electron chi connectivity index (χ3n) is 1.89. The summed E-state index contributed by atoms with van der Waals surface area (Å²) < 4.78 is 0. The number of carbonyl (C=O) groups excluding carboxylic acids is 4. The molecule has 0 bridgehead atoms. The molecule has 0 fully saturated rings. The van der Waals surface area contributed by atoms with Crippen molar-refractivity contribution in [1.29, 1.82) is 0 Å². The van der Waals surface area contributed by atoms with Gasteiger partial charge in [-0.05, 0) is 20.8 Å². The van der Waals surface area contributed by atoms with Crippen LogP contribution in [0.4, 0.5) is 0 Å². The highest BCUT2D eigenvalue weighted by Gasteiger charge is 2.47. The van der Waals surface area contributed by atoms with E-state index in [-0.39, 0.29) is 0 Å². The second-order valence-corrected chi connectivity index (χ2v) is 2.71. The first-order valence-electron chi connectivity index (χ1n) is 3.52. The molecule has 0 aliphatic heterocycles. The Morgan fingerprint density at radius 3 is 1.08 bits per heavy atom. The van der Waals surface area contributed by atoms with Crippen molar-refractivity contribution in [3.63, 3.8) is 0 Å². The fourth-order valence-corrected chi connectivity index (χ4v) is 1.17. The van der Waals surface area contributed by atoms with Gasteiger partial charge in [-0.25, -0.2) is 0 Å². The second-order valence-electron chi connectivity index (χ2n) is 2.71. The molecule has 0 radical (unpaired) electrons. The normalized spacial score (nSPS) is 10.7. The van der Waals surface area contributed by atoms with E-state index in [4.69, 9.17) is 0 Å². The fourth-order valence-electron chi connectivity index (χ4n) is 1.17. The molecule has 13 heavy (non-hydrogen) atoms. The Bertz CT molecular complexity index is 227. The van der Waals surface area contributed by atoms with Crippen molar-refractivity contribution in [2.24, 2.45) is 5.41 Å². The van der Waals surface area contributed by atoms with Crippen LogP contribution in [0.5, 0.6) is 0 Å². The van der Waals surface area contributed by atoms with E-state index in [1.165, 1.54) is 0 Å². The Kier molecular flexibility index (Phi) is 3.06. The van der Waals surface area contributed by atoms with Crippen LogP contribution in [0.15, 0.2) is 0 Å². The monoisotopic (exact) mass is 185 g/mol. The largest absolute Gasteiger partial charge is 0.548 e. The predicted molar refractivity (Wildman–Crippen MR) is 39.5 cm³/mol. The van der Waals surface area contributed by atoms with E-state index < -0.39 is 28.7 Å². The summed E-state index contributed by atoms with van der Waals surface area (Å²) in [6, 6.07) is 0. The van der Waals surface area contributed by atoms with Gasteiger partial charge in [0.15, 0.2) is 22.8 Å². The predicted octanol–water partition coefficient (Wildman–Crippen LogP) is -1.51. The highest BCUT2D eigenvalue weighted by atomic mass is 16.4. The molecule has 0 aromatic carbocycles. The van der Waals surface area contributed by atoms with Crippen molar-refractivity contribution >= 4 is 23.3 Å². The summed E-state index contributed by atoms with van der Waals surface area (Å²) in [5.74, 6) is -5.02. The van der Waals surface area contributed by atoms with Crippen LogP contribution in [0.25, 0.3) is 0 Å². The van der Waals surface area contributed by atoms with Crippen LogP contribution in [0, 0.1) is 5.41 Å². The van der Waals surface area contributed by atoms with Gasteiger partial charge in [-0.2, -0.15) is 0 Å². The van der Waals surface area contributed by atoms with E-state index >= 15 is 0 Å². The highest BCUT2D eigenvalue weighted by Crippen LogP contribution is 2.20. The molecule has 0 aliphatic rings. The van der Waals surface area contributed by atoms with E-state index in [1.54, 1.807) is 0 Å². The van der Waals surface area contributed by atoms with Crippen LogP contribution in [0.1, 0.15) is 20.8 Å². The van der Waals surface area contributed by atoms with Gasteiger partial charge in [0.1, 0.15) is 0 Å². The van der Waals surface area contributed by atoms with Gasteiger partial charge in [0, 0.05) is 0 Å². The summed E-state index contributed by atoms with van der Waals surface area (Å²) in [6.07, 6.45) is 0. The van der Waals surface area contributed by atoms with E-state index in [0.717, 1.165) is 20.8 Å². The van der Waals surface area contributed by atoms with Crippen LogP contribution in [0.3, 0.4) is 0 Å². The average Bonchev–Trinajstić information content (AvgIpc) is 1.82. The molecular formula is C8H9O5-. The minimum absolute atomic E-state index is 0.874. The zero-order valence-corrected chi connectivity index (χ0v) is 7.54.